The van der Waals surface area contributed by atoms with Crippen molar-refractivity contribution in [1.82, 2.24) is 5.32 Å². The molecule has 0 aromatic heterocycles. The summed E-state index contributed by atoms with van der Waals surface area (Å²) in [6.45, 7) is 2.27. The number of esters is 1. The van der Waals surface area contributed by atoms with Gasteiger partial charge in [-0.3, -0.25) is 9.59 Å². The van der Waals surface area contributed by atoms with Gasteiger partial charge in [0.15, 0.2) is 0 Å². The fraction of sp³-hybridized carbons (Fsp3) is 0.875. The van der Waals surface area contributed by atoms with Gasteiger partial charge in [-0.25, -0.2) is 0 Å². The van der Waals surface area contributed by atoms with E-state index in [1.165, 1.54) is 0 Å². The average Bonchev–Trinajstić information content (AvgIpc) is 2.85. The maximum Gasteiger partial charge on any atom is 0.308 e. The smallest absolute Gasteiger partial charge is 0.308 e. The maximum absolute atomic E-state index is 12.1. The molecule has 2 saturated carbocycles. The van der Waals surface area contributed by atoms with Gasteiger partial charge in [0.2, 0.25) is 5.91 Å². The third-order valence-corrected chi connectivity index (χ3v) is 4.88. The van der Waals surface area contributed by atoms with E-state index in [2.05, 4.69) is 5.32 Å². The van der Waals surface area contributed by atoms with Gasteiger partial charge in [-0.2, -0.15) is 0 Å². The molecule has 0 aromatic carbocycles. The number of hydrogen-bond acceptors (Lipinski definition) is 4. The van der Waals surface area contributed by atoms with Gasteiger partial charge in [0.05, 0.1) is 12.5 Å². The number of nitrogens with one attached hydrogen (secondary N) is 1. The van der Waals surface area contributed by atoms with Crippen LogP contribution in [0.3, 0.4) is 0 Å². The predicted molar refractivity (Wildman–Crippen MR) is 87.7 cm³/mol. The maximum atomic E-state index is 12.1. The Morgan fingerprint density at radius 1 is 1.14 bits per heavy atom. The molecule has 2 aliphatic rings. The number of carbonyl (C=O) groups excluding carboxylic acids is 2. The van der Waals surface area contributed by atoms with Gasteiger partial charge < -0.3 is 15.8 Å². The lowest BCUT2D eigenvalue weighted by Crippen LogP contribution is -2.40. The van der Waals surface area contributed by atoms with Crippen LogP contribution in [0.25, 0.3) is 0 Å². The molecule has 0 radical (unpaired) electrons. The molecule has 2 fully saturated rings. The molecule has 0 aromatic rings. The van der Waals surface area contributed by atoms with Crippen LogP contribution in [0.2, 0.25) is 0 Å². The molecule has 0 unspecified atom stereocenters. The van der Waals surface area contributed by atoms with Crippen molar-refractivity contribution in [3.05, 3.63) is 0 Å². The zero-order chi connectivity index (χ0) is 15.2. The summed E-state index contributed by atoms with van der Waals surface area (Å²) in [7, 11) is 0. The standard InChI is InChI=1S/C16H28N2O3.ClH/c1-2-21-16(20)11-6-8-13(9-7-11)18-15(19)10-12-4-3-5-14(12)17;/h11-14H,2-10,17H2,1H3,(H,18,19);1H/t11?,12-,13?,14+;/m0./s1. The Hall–Kier alpha value is -0.810. The van der Waals surface area contributed by atoms with Crippen molar-refractivity contribution in [2.75, 3.05) is 6.61 Å². The van der Waals surface area contributed by atoms with E-state index in [0.717, 1.165) is 44.9 Å². The largest absolute Gasteiger partial charge is 0.466 e. The highest BCUT2D eigenvalue weighted by Gasteiger charge is 2.30. The van der Waals surface area contributed by atoms with Crippen molar-refractivity contribution >= 4 is 24.3 Å². The van der Waals surface area contributed by atoms with Gasteiger partial charge in [0.1, 0.15) is 0 Å². The molecule has 0 aliphatic heterocycles. The number of hydrogen-bond donors (Lipinski definition) is 2. The Balaban J connectivity index is 0.00000242. The van der Waals surface area contributed by atoms with Gasteiger partial charge in [-0.1, -0.05) is 6.42 Å². The molecule has 2 aliphatic carbocycles. The zero-order valence-corrected chi connectivity index (χ0v) is 14.2. The zero-order valence-electron chi connectivity index (χ0n) is 13.4. The minimum Gasteiger partial charge on any atom is -0.466 e. The molecule has 5 nitrogen and oxygen atoms in total. The summed E-state index contributed by atoms with van der Waals surface area (Å²) in [5.41, 5.74) is 6.01. The minimum atomic E-state index is -0.0841. The van der Waals surface area contributed by atoms with E-state index < -0.39 is 0 Å². The molecule has 22 heavy (non-hydrogen) atoms. The van der Waals surface area contributed by atoms with Crippen molar-refractivity contribution < 1.29 is 14.3 Å². The van der Waals surface area contributed by atoms with Crippen LogP contribution < -0.4 is 11.1 Å². The van der Waals surface area contributed by atoms with Gasteiger partial charge in [-0.05, 0) is 51.4 Å². The van der Waals surface area contributed by atoms with E-state index in [1.54, 1.807) is 0 Å². The summed E-state index contributed by atoms with van der Waals surface area (Å²) in [6, 6.07) is 0.399. The molecule has 6 heteroatoms. The monoisotopic (exact) mass is 332 g/mol. The molecular formula is C16H29ClN2O3. The summed E-state index contributed by atoms with van der Waals surface area (Å²) in [4.78, 5) is 23.7. The summed E-state index contributed by atoms with van der Waals surface area (Å²) < 4.78 is 5.06. The van der Waals surface area contributed by atoms with Crippen molar-refractivity contribution in [3.8, 4) is 0 Å². The van der Waals surface area contributed by atoms with Crippen LogP contribution in [-0.4, -0.2) is 30.6 Å². The van der Waals surface area contributed by atoms with Crippen LogP contribution in [0, 0.1) is 11.8 Å². The molecule has 2 atom stereocenters. The second-order valence-electron chi connectivity index (χ2n) is 6.43. The third kappa shape index (κ3) is 5.43. The Kier molecular flexibility index (Phi) is 8.18. The molecule has 0 spiro atoms. The molecular weight excluding hydrogens is 304 g/mol. The number of rotatable bonds is 5. The Morgan fingerprint density at radius 3 is 2.36 bits per heavy atom. The van der Waals surface area contributed by atoms with E-state index in [4.69, 9.17) is 10.5 Å². The molecule has 1 amide bonds. The average molecular weight is 333 g/mol. The first-order valence-corrected chi connectivity index (χ1v) is 8.31. The van der Waals surface area contributed by atoms with Crippen LogP contribution in [0.5, 0.6) is 0 Å². The summed E-state index contributed by atoms with van der Waals surface area (Å²) in [6.07, 6.45) is 7.17. The first-order chi connectivity index (χ1) is 10.1. The Morgan fingerprint density at radius 2 is 1.82 bits per heavy atom. The van der Waals surface area contributed by atoms with Crippen LogP contribution >= 0.6 is 12.4 Å². The van der Waals surface area contributed by atoms with Crippen molar-refractivity contribution in [2.45, 2.75) is 70.4 Å². The van der Waals surface area contributed by atoms with Crippen LogP contribution in [-0.2, 0) is 14.3 Å². The van der Waals surface area contributed by atoms with Crippen LogP contribution in [0.1, 0.15) is 58.3 Å². The van der Waals surface area contributed by atoms with E-state index in [9.17, 15) is 9.59 Å². The first kappa shape index (κ1) is 19.2. The van der Waals surface area contributed by atoms with E-state index >= 15 is 0 Å². The lowest BCUT2D eigenvalue weighted by Gasteiger charge is -2.28. The molecule has 2 rings (SSSR count). The summed E-state index contributed by atoms with van der Waals surface area (Å²) in [5.74, 6) is 0.401. The molecule has 128 valence electrons. The highest BCUT2D eigenvalue weighted by Crippen LogP contribution is 2.28. The lowest BCUT2D eigenvalue weighted by atomic mass is 9.86. The van der Waals surface area contributed by atoms with Gasteiger partial charge >= 0.3 is 5.97 Å². The normalized spacial score (nSPS) is 31.2. The second kappa shape index (κ2) is 9.36. The van der Waals surface area contributed by atoms with Gasteiger partial charge in [0, 0.05) is 18.5 Å². The van der Waals surface area contributed by atoms with E-state index in [0.29, 0.717) is 18.9 Å². The molecule has 0 bridgehead atoms. The number of carbonyl (C=O) groups is 2. The highest BCUT2D eigenvalue weighted by molar-refractivity contribution is 5.85. The van der Waals surface area contributed by atoms with Crippen LogP contribution in [0.4, 0.5) is 0 Å². The van der Waals surface area contributed by atoms with Crippen molar-refractivity contribution in [3.63, 3.8) is 0 Å². The predicted octanol–water partition coefficient (Wildman–Crippen LogP) is 2.16. The van der Waals surface area contributed by atoms with Crippen molar-refractivity contribution in [1.29, 1.82) is 0 Å². The number of amides is 1. The first-order valence-electron chi connectivity index (χ1n) is 8.31. The number of ether oxygens (including phenoxy) is 1. The topological polar surface area (TPSA) is 81.4 Å². The second-order valence-corrected chi connectivity index (χ2v) is 6.43. The number of nitrogens with two attached hydrogens (primary N) is 1. The highest BCUT2D eigenvalue weighted by atomic mass is 35.5. The fourth-order valence-corrected chi connectivity index (χ4v) is 3.58. The van der Waals surface area contributed by atoms with Gasteiger partial charge in [-0.15, -0.1) is 12.4 Å². The van der Waals surface area contributed by atoms with Crippen molar-refractivity contribution in [2.24, 2.45) is 17.6 Å². The number of halogens is 1. The Labute approximate surface area is 139 Å². The van der Waals surface area contributed by atoms with Crippen LogP contribution in [0.15, 0.2) is 0 Å². The molecule has 3 N–H and O–H groups in total. The van der Waals surface area contributed by atoms with Gasteiger partial charge in [0.25, 0.3) is 0 Å². The summed E-state index contributed by atoms with van der Waals surface area (Å²) in [5, 5.41) is 3.11. The molecule has 0 saturated heterocycles. The quantitative estimate of drug-likeness (QED) is 0.756. The lowest BCUT2D eigenvalue weighted by molar-refractivity contribution is -0.149. The Bertz CT molecular complexity index is 370. The van der Waals surface area contributed by atoms with E-state index in [1.807, 2.05) is 6.92 Å². The third-order valence-electron chi connectivity index (χ3n) is 4.88. The van der Waals surface area contributed by atoms with E-state index in [-0.39, 0.29) is 42.3 Å². The summed E-state index contributed by atoms with van der Waals surface area (Å²) >= 11 is 0. The molecule has 0 heterocycles. The fourth-order valence-electron chi connectivity index (χ4n) is 3.58. The minimum absolute atomic E-state index is 0. The SMILES string of the molecule is CCOC(=O)C1CCC(NC(=O)C[C@@H]2CCC[C@H]2N)CC1.Cl.